The van der Waals surface area contributed by atoms with E-state index in [1.54, 1.807) is 0 Å². The summed E-state index contributed by atoms with van der Waals surface area (Å²) in [7, 11) is 0. The Morgan fingerprint density at radius 1 is 0.756 bits per heavy atom. The second kappa shape index (κ2) is 9.07. The summed E-state index contributed by atoms with van der Waals surface area (Å²) < 4.78 is 12.3. The smallest absolute Gasteiger partial charge is 0.154 e. The summed E-state index contributed by atoms with van der Waals surface area (Å²) >= 11 is 0. The molecule has 9 rings (SSSR count). The maximum Gasteiger partial charge on any atom is 0.154 e. The summed E-state index contributed by atoms with van der Waals surface area (Å²) in [6.45, 7) is 0. The van der Waals surface area contributed by atoms with Gasteiger partial charge in [0.1, 0.15) is 28.2 Å². The number of rotatable bonds is 3. The molecule has 5 nitrogen and oxygen atoms in total. The molecule has 5 heteroatoms. The van der Waals surface area contributed by atoms with E-state index in [0.717, 1.165) is 67.0 Å². The van der Waals surface area contributed by atoms with Crippen molar-refractivity contribution in [2.45, 2.75) is 6.42 Å². The SMILES string of the molecule is N=C(/N=C(\N)c1cccc2oc3cc(C4=C/C5=CCC(C=C5)/C=C\4)ccc3c12)c1cccc2oc3ccccc3c12. The zero-order chi connectivity index (χ0) is 27.5. The molecule has 41 heavy (non-hydrogen) atoms. The van der Waals surface area contributed by atoms with Crippen LogP contribution in [0.5, 0.6) is 0 Å². The number of hydrogen-bond donors (Lipinski definition) is 2. The third-order valence-corrected chi connectivity index (χ3v) is 8.00. The first-order chi connectivity index (χ1) is 20.1. The van der Waals surface area contributed by atoms with Crippen LogP contribution in [0.3, 0.4) is 0 Å². The number of amidine groups is 2. The zero-order valence-corrected chi connectivity index (χ0v) is 22.1. The van der Waals surface area contributed by atoms with Gasteiger partial charge in [-0.25, -0.2) is 4.99 Å². The molecule has 0 saturated heterocycles. The van der Waals surface area contributed by atoms with Crippen LogP contribution in [0.25, 0.3) is 49.5 Å². The normalized spacial score (nSPS) is 18.9. The molecule has 6 aromatic rings. The van der Waals surface area contributed by atoms with Crippen LogP contribution in [-0.4, -0.2) is 11.7 Å². The maximum absolute atomic E-state index is 8.90. The maximum atomic E-state index is 8.90. The fraction of sp³-hybridized carbons (Fsp3) is 0.0556. The van der Waals surface area contributed by atoms with Gasteiger partial charge < -0.3 is 14.6 Å². The summed E-state index contributed by atoms with van der Waals surface area (Å²) in [5, 5.41) is 12.6. The monoisotopic (exact) mass is 531 g/mol. The molecule has 0 aliphatic heterocycles. The van der Waals surface area contributed by atoms with E-state index < -0.39 is 0 Å². The van der Waals surface area contributed by atoms with Crippen molar-refractivity contribution >= 4 is 61.1 Å². The van der Waals surface area contributed by atoms with Crippen LogP contribution in [0.2, 0.25) is 0 Å². The minimum atomic E-state index is 0.0763. The van der Waals surface area contributed by atoms with Crippen molar-refractivity contribution in [1.29, 1.82) is 5.41 Å². The Morgan fingerprint density at radius 2 is 1.46 bits per heavy atom. The molecule has 1 atom stereocenters. The van der Waals surface area contributed by atoms with Crippen LogP contribution < -0.4 is 5.73 Å². The lowest BCUT2D eigenvalue weighted by Gasteiger charge is -2.15. The van der Waals surface area contributed by atoms with Gasteiger partial charge in [-0.3, -0.25) is 5.41 Å². The Balaban J connectivity index is 1.21. The first kappa shape index (κ1) is 23.5. The molecule has 2 heterocycles. The predicted molar refractivity (Wildman–Crippen MR) is 167 cm³/mol. The zero-order valence-electron chi connectivity index (χ0n) is 22.1. The van der Waals surface area contributed by atoms with E-state index >= 15 is 0 Å². The predicted octanol–water partition coefficient (Wildman–Crippen LogP) is 8.67. The average Bonchev–Trinajstić information content (AvgIpc) is 3.55. The molecule has 4 aromatic carbocycles. The number of para-hydroxylation sites is 1. The fourth-order valence-electron chi connectivity index (χ4n) is 5.97. The third kappa shape index (κ3) is 3.85. The Morgan fingerprint density at radius 3 is 2.29 bits per heavy atom. The van der Waals surface area contributed by atoms with E-state index in [4.69, 9.17) is 20.0 Å². The van der Waals surface area contributed by atoms with Gasteiger partial charge in [0.15, 0.2) is 5.84 Å². The minimum absolute atomic E-state index is 0.0763. The van der Waals surface area contributed by atoms with E-state index in [9.17, 15) is 0 Å². The van der Waals surface area contributed by atoms with E-state index in [1.165, 1.54) is 5.57 Å². The molecule has 3 N–H and O–H groups in total. The molecule has 3 aliphatic rings. The van der Waals surface area contributed by atoms with Crippen LogP contribution in [0.1, 0.15) is 23.1 Å². The molecular formula is C36H25N3O2. The highest BCUT2D eigenvalue weighted by molar-refractivity contribution is 6.23. The Hall–Kier alpha value is -5.42. The van der Waals surface area contributed by atoms with Gasteiger partial charge in [0, 0.05) is 32.7 Å². The van der Waals surface area contributed by atoms with Gasteiger partial charge in [0.25, 0.3) is 0 Å². The number of allylic oxidation sites excluding steroid dienone is 8. The quantitative estimate of drug-likeness (QED) is 0.177. The fourth-order valence-corrected chi connectivity index (χ4v) is 5.97. The summed E-state index contributed by atoms with van der Waals surface area (Å²) in [6, 6.07) is 25.6. The van der Waals surface area contributed by atoms with Gasteiger partial charge in [0.05, 0.1) is 0 Å². The van der Waals surface area contributed by atoms with Crippen molar-refractivity contribution in [2.75, 3.05) is 0 Å². The summed E-state index contributed by atoms with van der Waals surface area (Å²) in [6.07, 6.45) is 14.5. The van der Waals surface area contributed by atoms with Gasteiger partial charge >= 0.3 is 0 Å². The van der Waals surface area contributed by atoms with Crippen molar-refractivity contribution in [3.8, 4) is 0 Å². The van der Waals surface area contributed by atoms with Gasteiger partial charge in [-0.05, 0) is 65.5 Å². The number of hydrogen-bond acceptors (Lipinski definition) is 3. The average molecular weight is 532 g/mol. The summed E-state index contributed by atoms with van der Waals surface area (Å²) in [5.41, 5.74) is 14.5. The molecule has 0 saturated carbocycles. The molecule has 0 radical (unpaired) electrons. The number of benzene rings is 4. The molecule has 0 fully saturated rings. The van der Waals surface area contributed by atoms with Gasteiger partial charge in [-0.1, -0.05) is 78.9 Å². The number of furan rings is 2. The lowest BCUT2D eigenvalue weighted by Crippen LogP contribution is -2.16. The van der Waals surface area contributed by atoms with E-state index in [1.807, 2.05) is 60.7 Å². The van der Waals surface area contributed by atoms with Crippen LogP contribution >= 0.6 is 0 Å². The second-order valence-corrected chi connectivity index (χ2v) is 10.5. The van der Waals surface area contributed by atoms with Crippen LogP contribution in [-0.2, 0) is 0 Å². The third-order valence-electron chi connectivity index (χ3n) is 8.00. The van der Waals surface area contributed by atoms with E-state index in [2.05, 4.69) is 59.6 Å². The highest BCUT2D eigenvalue weighted by atomic mass is 16.3. The van der Waals surface area contributed by atoms with E-state index in [0.29, 0.717) is 11.5 Å². The summed E-state index contributed by atoms with van der Waals surface area (Å²) in [5.74, 6) is 0.783. The number of nitrogens with one attached hydrogen (secondary N) is 1. The lowest BCUT2D eigenvalue weighted by molar-refractivity contribution is 0.668. The molecule has 2 bridgehead atoms. The van der Waals surface area contributed by atoms with Crippen LogP contribution in [0.4, 0.5) is 0 Å². The highest BCUT2D eigenvalue weighted by Crippen LogP contribution is 2.35. The summed E-state index contributed by atoms with van der Waals surface area (Å²) in [4.78, 5) is 4.59. The molecule has 3 aliphatic carbocycles. The second-order valence-electron chi connectivity index (χ2n) is 10.5. The largest absolute Gasteiger partial charge is 0.456 e. The van der Waals surface area contributed by atoms with Gasteiger partial charge in [-0.15, -0.1) is 0 Å². The van der Waals surface area contributed by atoms with Crippen molar-refractivity contribution in [3.05, 3.63) is 138 Å². The molecule has 2 aromatic heterocycles. The standard InChI is InChI=1S/C36H25N3O2/c37-35(27-6-3-9-30-33(27)25-5-1-2-8-29(25)40-30)39-36(38)28-7-4-10-31-34(28)26-18-17-24(20-32(26)41-31)23-16-15-21-11-13-22(19-23)14-12-21/h1-11,13-21H,12H2,(H3,37,38,39)/b16-15-,23-19+. The number of aliphatic imine (C=N–C) groups is 1. The van der Waals surface area contributed by atoms with Crippen molar-refractivity contribution in [3.63, 3.8) is 0 Å². The van der Waals surface area contributed by atoms with Crippen molar-refractivity contribution in [2.24, 2.45) is 16.6 Å². The van der Waals surface area contributed by atoms with Gasteiger partial charge in [-0.2, -0.15) is 0 Å². The van der Waals surface area contributed by atoms with Crippen LogP contribution in [0.15, 0.2) is 135 Å². The first-order valence-electron chi connectivity index (χ1n) is 13.7. The van der Waals surface area contributed by atoms with Crippen molar-refractivity contribution in [1.82, 2.24) is 0 Å². The minimum Gasteiger partial charge on any atom is -0.456 e. The van der Waals surface area contributed by atoms with Crippen LogP contribution in [0, 0.1) is 11.3 Å². The van der Waals surface area contributed by atoms with Gasteiger partial charge in [0.2, 0.25) is 0 Å². The molecule has 1 unspecified atom stereocenters. The Kier molecular flexibility index (Phi) is 5.19. The molecule has 0 amide bonds. The Labute approximate surface area is 235 Å². The highest BCUT2D eigenvalue weighted by Gasteiger charge is 2.18. The topological polar surface area (TPSA) is 88.5 Å². The number of nitrogens with zero attached hydrogens (tertiary/aromatic N) is 1. The van der Waals surface area contributed by atoms with E-state index in [-0.39, 0.29) is 11.7 Å². The Bertz CT molecular complexity index is 2220. The van der Waals surface area contributed by atoms with Crippen molar-refractivity contribution < 1.29 is 8.83 Å². The molecular weight excluding hydrogens is 506 g/mol. The number of fused-ring (bicyclic) bond motifs is 8. The first-order valence-corrected chi connectivity index (χ1v) is 13.7. The molecule has 196 valence electrons. The lowest BCUT2D eigenvalue weighted by atomic mass is 9.90. The molecule has 0 spiro atoms. The number of nitrogens with two attached hydrogens (primary N) is 1.